The third kappa shape index (κ3) is 4.86. The topological polar surface area (TPSA) is 95.1 Å². The van der Waals surface area contributed by atoms with E-state index >= 15 is 0 Å². The fraction of sp³-hybridized carbons (Fsp3) is 0.364. The van der Waals surface area contributed by atoms with Crippen LogP contribution in [0.5, 0.6) is 0 Å². The lowest BCUT2D eigenvalue weighted by atomic mass is 10.1. The highest BCUT2D eigenvalue weighted by Crippen LogP contribution is 2.32. The molecule has 1 amide bonds. The van der Waals surface area contributed by atoms with Gasteiger partial charge in [0.15, 0.2) is 5.84 Å². The lowest BCUT2D eigenvalue weighted by molar-refractivity contribution is -0.140. The number of fused-ring (bicyclic) bond motifs is 1. The highest BCUT2D eigenvalue weighted by Gasteiger charge is 2.35. The minimum Gasteiger partial charge on any atom is -0.391 e. The van der Waals surface area contributed by atoms with Crippen molar-refractivity contribution in [1.29, 1.82) is 0 Å². The molecule has 2 aliphatic heterocycles. The van der Waals surface area contributed by atoms with Crippen LogP contribution in [-0.4, -0.2) is 56.0 Å². The fourth-order valence-electron chi connectivity index (χ4n) is 3.69. The predicted molar refractivity (Wildman–Crippen MR) is 115 cm³/mol. The molecule has 1 aromatic heterocycles. The fourth-order valence-corrected chi connectivity index (χ4v) is 3.69. The van der Waals surface area contributed by atoms with Crippen molar-refractivity contribution in [3.63, 3.8) is 0 Å². The summed E-state index contributed by atoms with van der Waals surface area (Å²) in [5.74, 6) is -1.72. The molecule has 2 N–H and O–H groups in total. The second kappa shape index (κ2) is 9.01. The van der Waals surface area contributed by atoms with Crippen LogP contribution in [0.1, 0.15) is 30.5 Å². The molecule has 2 aliphatic rings. The molecule has 0 fully saturated rings. The average Bonchev–Trinajstić information content (AvgIpc) is 3.36. The third-order valence-corrected chi connectivity index (χ3v) is 5.22. The van der Waals surface area contributed by atoms with Crippen molar-refractivity contribution < 1.29 is 27.5 Å². The van der Waals surface area contributed by atoms with E-state index in [-0.39, 0.29) is 23.7 Å². The molecule has 34 heavy (non-hydrogen) atoms. The van der Waals surface area contributed by atoms with Crippen LogP contribution in [0.3, 0.4) is 0 Å². The van der Waals surface area contributed by atoms with E-state index in [1.807, 2.05) is 6.92 Å². The monoisotopic (exact) mass is 478 g/mol. The molecular formula is C22H22F4N6O2. The van der Waals surface area contributed by atoms with Crippen molar-refractivity contribution in [2.45, 2.75) is 45.3 Å². The molecule has 3 heterocycles. The highest BCUT2D eigenvalue weighted by molar-refractivity contribution is 6.28. The maximum atomic E-state index is 14.3. The minimum absolute atomic E-state index is 0.131. The number of nitrogens with zero attached hydrogens (tertiary/aromatic N) is 5. The van der Waals surface area contributed by atoms with Gasteiger partial charge >= 0.3 is 6.18 Å². The van der Waals surface area contributed by atoms with Gasteiger partial charge in [-0.05, 0) is 26.0 Å². The molecule has 0 radical (unpaired) electrons. The van der Waals surface area contributed by atoms with Crippen molar-refractivity contribution in [3.8, 4) is 0 Å². The number of allylic oxidation sites excluding steroid dienone is 1. The molecule has 2 aromatic rings. The van der Waals surface area contributed by atoms with Gasteiger partial charge in [0, 0.05) is 23.9 Å². The normalized spacial score (nSPS) is 18.7. The molecule has 12 heteroatoms. The Balaban J connectivity index is 1.58. The number of hydrogen-bond acceptors (Lipinski definition) is 6. The molecule has 8 nitrogen and oxygen atoms in total. The van der Waals surface area contributed by atoms with Gasteiger partial charge in [0.25, 0.3) is 5.91 Å². The molecule has 0 unspecified atom stereocenters. The Morgan fingerprint density at radius 3 is 2.82 bits per heavy atom. The van der Waals surface area contributed by atoms with Crippen molar-refractivity contribution in [3.05, 3.63) is 64.7 Å². The van der Waals surface area contributed by atoms with E-state index in [0.717, 1.165) is 6.07 Å². The quantitative estimate of drug-likeness (QED) is 0.624. The summed E-state index contributed by atoms with van der Waals surface area (Å²) in [6.07, 6.45) is -0.708. The van der Waals surface area contributed by atoms with E-state index in [4.69, 9.17) is 0 Å². The van der Waals surface area contributed by atoms with Crippen molar-refractivity contribution in [1.82, 2.24) is 20.1 Å². The third-order valence-electron chi connectivity index (χ3n) is 5.22. The van der Waals surface area contributed by atoms with Gasteiger partial charge in [0.2, 0.25) is 0 Å². The number of hydrazone groups is 1. The zero-order valence-electron chi connectivity index (χ0n) is 18.3. The first kappa shape index (κ1) is 23.6. The number of amidine groups is 1. The molecule has 0 saturated carbocycles. The largest absolute Gasteiger partial charge is 0.419 e. The summed E-state index contributed by atoms with van der Waals surface area (Å²) in [5.41, 5.74) is -0.481. The molecule has 0 bridgehead atoms. The van der Waals surface area contributed by atoms with Crippen molar-refractivity contribution >= 4 is 17.5 Å². The first-order chi connectivity index (χ1) is 16.0. The van der Waals surface area contributed by atoms with Crippen LogP contribution in [-0.2, 0) is 24.1 Å². The number of carbonyl (C=O) groups is 1. The van der Waals surface area contributed by atoms with Crippen LogP contribution in [0.2, 0.25) is 0 Å². The van der Waals surface area contributed by atoms with Gasteiger partial charge in [0.1, 0.15) is 5.82 Å². The Hall–Kier alpha value is -3.54. The molecule has 4 rings (SSSR count). The summed E-state index contributed by atoms with van der Waals surface area (Å²) < 4.78 is 54.8. The van der Waals surface area contributed by atoms with E-state index in [1.54, 1.807) is 29.0 Å². The van der Waals surface area contributed by atoms with Crippen LogP contribution in [0, 0.1) is 5.82 Å². The highest BCUT2D eigenvalue weighted by atomic mass is 19.4. The number of rotatable bonds is 6. The summed E-state index contributed by atoms with van der Waals surface area (Å²) in [6, 6.07) is 2.79. The second-order valence-electron chi connectivity index (χ2n) is 8.19. The molecule has 0 saturated heterocycles. The van der Waals surface area contributed by atoms with E-state index in [9.17, 15) is 27.5 Å². The van der Waals surface area contributed by atoms with Crippen LogP contribution in [0.15, 0.2) is 52.3 Å². The molecular weight excluding hydrogens is 456 g/mol. The minimum atomic E-state index is -4.84. The van der Waals surface area contributed by atoms with Crippen LogP contribution in [0.4, 0.5) is 17.6 Å². The number of halogens is 4. The van der Waals surface area contributed by atoms with Crippen LogP contribution in [0.25, 0.3) is 0 Å². The molecule has 1 aromatic carbocycles. The van der Waals surface area contributed by atoms with Gasteiger partial charge in [-0.15, -0.1) is 0 Å². The van der Waals surface area contributed by atoms with Gasteiger partial charge in [0.05, 0.1) is 48.3 Å². The summed E-state index contributed by atoms with van der Waals surface area (Å²) in [6.45, 7) is 3.76. The zero-order chi connectivity index (χ0) is 24.6. The number of amides is 1. The number of carbonyl (C=O) groups excluding carboxylic acids is 1. The van der Waals surface area contributed by atoms with Gasteiger partial charge in [-0.1, -0.05) is 12.1 Å². The molecule has 2 atom stereocenters. The van der Waals surface area contributed by atoms with E-state index in [2.05, 4.69) is 20.5 Å². The number of hydrogen-bond donors (Lipinski definition) is 2. The summed E-state index contributed by atoms with van der Waals surface area (Å²) >= 11 is 0. The average molecular weight is 478 g/mol. The van der Waals surface area contributed by atoms with Gasteiger partial charge in [-0.3, -0.25) is 14.5 Å². The van der Waals surface area contributed by atoms with E-state index in [0.29, 0.717) is 29.7 Å². The predicted octanol–water partition coefficient (Wildman–Crippen LogP) is 2.48. The standard InChI is InChI=1S/C22H22F4N6O2/c1-12-9-32-20(29-12)16(6-18(30-32)15-8-28-31(11-15)10-13(2)33)21(34)27-7-14-4-3-5-17(19(14)23)22(24,25)26/h3-6,8,11-13,33H,7,9-10H2,1-2H3,(H,27,34)/t12-,13-/m1/s1. The number of nitrogens with one attached hydrogen (secondary N) is 1. The zero-order valence-corrected chi connectivity index (χ0v) is 18.3. The lowest BCUT2D eigenvalue weighted by Gasteiger charge is -2.22. The number of aliphatic hydroxyl groups excluding tert-OH is 1. The Kier molecular flexibility index (Phi) is 6.26. The number of alkyl halides is 3. The maximum absolute atomic E-state index is 14.3. The van der Waals surface area contributed by atoms with Gasteiger partial charge in [-0.25, -0.2) is 9.40 Å². The SMILES string of the molecule is C[C@@H]1CN2N=C(c3cnn(C[C@@H](C)O)c3)C=C(C(=O)NCc3cccc(C(F)(F)F)c3F)C2=N1. The number of aromatic nitrogens is 2. The molecule has 0 aliphatic carbocycles. The smallest absolute Gasteiger partial charge is 0.391 e. The van der Waals surface area contributed by atoms with Crippen molar-refractivity contribution in [2.75, 3.05) is 6.54 Å². The number of aliphatic imine (C=N–C) groups is 1. The Morgan fingerprint density at radius 1 is 1.35 bits per heavy atom. The lowest BCUT2D eigenvalue weighted by Crippen LogP contribution is -2.37. The van der Waals surface area contributed by atoms with E-state index < -0.39 is 36.1 Å². The Morgan fingerprint density at radius 2 is 2.12 bits per heavy atom. The van der Waals surface area contributed by atoms with Crippen molar-refractivity contribution in [2.24, 2.45) is 10.1 Å². The first-order valence-electron chi connectivity index (χ1n) is 10.5. The number of benzene rings is 1. The molecule has 0 spiro atoms. The number of aliphatic hydroxyl groups is 1. The summed E-state index contributed by atoms with van der Waals surface area (Å²) in [4.78, 5) is 17.4. The Bertz CT molecular complexity index is 1200. The van der Waals surface area contributed by atoms with Crippen LogP contribution >= 0.6 is 0 Å². The Labute approximate surface area is 192 Å². The summed E-state index contributed by atoms with van der Waals surface area (Å²) in [7, 11) is 0. The van der Waals surface area contributed by atoms with Gasteiger partial charge in [-0.2, -0.15) is 23.4 Å². The van der Waals surface area contributed by atoms with Crippen LogP contribution < -0.4 is 5.32 Å². The summed E-state index contributed by atoms with van der Waals surface area (Å²) in [5, 5.41) is 22.3. The molecule has 180 valence electrons. The maximum Gasteiger partial charge on any atom is 0.419 e. The van der Waals surface area contributed by atoms with Gasteiger partial charge < -0.3 is 10.4 Å². The second-order valence-corrected chi connectivity index (χ2v) is 8.19. The van der Waals surface area contributed by atoms with E-state index in [1.165, 1.54) is 12.1 Å². The first-order valence-corrected chi connectivity index (χ1v) is 10.5.